The molecule has 0 spiro atoms. The molecule has 1 aromatic carbocycles. The Bertz CT molecular complexity index is 914. The van der Waals surface area contributed by atoms with E-state index in [1.54, 1.807) is 12.1 Å². The zero-order chi connectivity index (χ0) is 19.6. The van der Waals surface area contributed by atoms with Gasteiger partial charge in [0.1, 0.15) is 13.3 Å². The maximum Gasteiger partial charge on any atom is 0.323 e. The van der Waals surface area contributed by atoms with Crippen LogP contribution in [0.5, 0.6) is 0 Å². The highest BCUT2D eigenvalue weighted by atomic mass is 16.4. The Kier molecular flexibility index (Phi) is 5.07. The number of rotatable bonds is 2. The van der Waals surface area contributed by atoms with Gasteiger partial charge in [-0.2, -0.15) is 0 Å². The van der Waals surface area contributed by atoms with E-state index in [-0.39, 0.29) is 11.1 Å². The number of nitrogens with zero attached hydrogens (tertiary/aromatic N) is 3. The minimum atomic E-state index is -1.23. The molecule has 1 aromatic heterocycles. The lowest BCUT2D eigenvalue weighted by Crippen LogP contribution is -2.34. The number of carboxylic acid groups (broad SMARTS) is 1. The highest BCUT2D eigenvalue weighted by Crippen LogP contribution is 2.27. The van der Waals surface area contributed by atoms with E-state index in [9.17, 15) is 14.4 Å². The van der Waals surface area contributed by atoms with Gasteiger partial charge in [-0.1, -0.05) is 12.2 Å². The van der Waals surface area contributed by atoms with Crippen LogP contribution in [0.3, 0.4) is 0 Å². The molecule has 0 atom stereocenters. The Morgan fingerprint density at radius 2 is 1.41 bits per heavy atom. The van der Waals surface area contributed by atoms with E-state index in [1.807, 2.05) is 6.79 Å². The van der Waals surface area contributed by atoms with Gasteiger partial charge in [-0.3, -0.25) is 19.3 Å². The van der Waals surface area contributed by atoms with Gasteiger partial charge >= 0.3 is 5.97 Å². The zero-order valence-corrected chi connectivity index (χ0v) is 14.5. The van der Waals surface area contributed by atoms with Crippen molar-refractivity contribution in [3.05, 3.63) is 46.8 Å². The molecule has 138 valence electrons. The molecule has 2 aliphatic rings. The number of aryl methyl sites for hydroxylation is 2. The summed E-state index contributed by atoms with van der Waals surface area (Å²) in [6.07, 6.45) is 7.60. The van der Waals surface area contributed by atoms with Crippen molar-refractivity contribution in [1.29, 1.82) is 0 Å². The number of carbonyl (C=O) groups is 4. The van der Waals surface area contributed by atoms with E-state index in [0.29, 0.717) is 11.0 Å². The minimum absolute atomic E-state index is 0.193. The SMILES string of the molecule is C=O.O=C(O)CN1C(=O)c2cc3nc4c(nc3cc2C1=O)CC/C=C/CC4. The molecule has 2 aromatic rings. The van der Waals surface area contributed by atoms with Crippen molar-refractivity contribution in [3.63, 3.8) is 0 Å². The van der Waals surface area contributed by atoms with Crippen LogP contribution in [0.1, 0.15) is 44.9 Å². The molecule has 27 heavy (non-hydrogen) atoms. The number of carboxylic acids is 1. The van der Waals surface area contributed by atoms with Crippen LogP contribution in [0.15, 0.2) is 24.3 Å². The van der Waals surface area contributed by atoms with Crippen molar-refractivity contribution >= 4 is 35.6 Å². The Labute approximate surface area is 154 Å². The van der Waals surface area contributed by atoms with Crippen molar-refractivity contribution in [2.45, 2.75) is 25.7 Å². The van der Waals surface area contributed by atoms with Gasteiger partial charge in [-0.05, 0) is 37.8 Å². The van der Waals surface area contributed by atoms with Crippen LogP contribution in [0.25, 0.3) is 11.0 Å². The lowest BCUT2D eigenvalue weighted by molar-refractivity contribution is -0.137. The van der Waals surface area contributed by atoms with Crippen molar-refractivity contribution in [3.8, 4) is 0 Å². The van der Waals surface area contributed by atoms with Gasteiger partial charge in [0.15, 0.2) is 0 Å². The third-order valence-corrected chi connectivity index (χ3v) is 4.47. The van der Waals surface area contributed by atoms with Gasteiger partial charge in [-0.15, -0.1) is 0 Å². The van der Waals surface area contributed by atoms with Gasteiger partial charge in [0.05, 0.1) is 33.5 Å². The number of amides is 2. The Morgan fingerprint density at radius 1 is 0.963 bits per heavy atom. The fourth-order valence-corrected chi connectivity index (χ4v) is 3.27. The Balaban J connectivity index is 0.00000102. The second kappa shape index (κ2) is 7.45. The van der Waals surface area contributed by atoms with E-state index >= 15 is 0 Å². The monoisotopic (exact) mass is 367 g/mol. The number of aliphatic carboxylic acids is 1. The smallest absolute Gasteiger partial charge is 0.323 e. The maximum absolute atomic E-state index is 12.4. The number of carbonyl (C=O) groups excluding carboxylic acids is 3. The maximum atomic E-state index is 12.4. The van der Waals surface area contributed by atoms with E-state index in [0.717, 1.165) is 42.0 Å². The van der Waals surface area contributed by atoms with Crippen LogP contribution in [-0.4, -0.2) is 51.1 Å². The molecule has 8 heteroatoms. The average molecular weight is 367 g/mol. The molecule has 1 N–H and O–H groups in total. The summed E-state index contributed by atoms with van der Waals surface area (Å²) in [5, 5.41) is 8.90. The molecule has 0 fully saturated rings. The largest absolute Gasteiger partial charge is 0.480 e. The topological polar surface area (TPSA) is 118 Å². The van der Waals surface area contributed by atoms with E-state index in [2.05, 4.69) is 22.1 Å². The minimum Gasteiger partial charge on any atom is -0.480 e. The van der Waals surface area contributed by atoms with Crippen LogP contribution in [0.4, 0.5) is 0 Å². The number of benzene rings is 1. The summed E-state index contributed by atoms with van der Waals surface area (Å²) in [7, 11) is 0. The fraction of sp³-hybridized carbons (Fsp3) is 0.263. The fourth-order valence-electron chi connectivity index (χ4n) is 3.27. The predicted octanol–water partition coefficient (Wildman–Crippen LogP) is 1.56. The summed E-state index contributed by atoms with van der Waals surface area (Å²) in [6, 6.07) is 3.10. The predicted molar refractivity (Wildman–Crippen MR) is 95.4 cm³/mol. The third-order valence-electron chi connectivity index (χ3n) is 4.47. The van der Waals surface area contributed by atoms with Crippen molar-refractivity contribution < 1.29 is 24.3 Å². The number of imide groups is 1. The summed E-state index contributed by atoms with van der Waals surface area (Å²) < 4.78 is 0. The Hall–Kier alpha value is -3.42. The number of hydrogen-bond donors (Lipinski definition) is 1. The van der Waals surface area contributed by atoms with Gasteiger partial charge in [-0.25, -0.2) is 9.97 Å². The second-order valence-electron chi connectivity index (χ2n) is 6.14. The summed E-state index contributed by atoms with van der Waals surface area (Å²) in [5.41, 5.74) is 3.32. The van der Waals surface area contributed by atoms with Crippen LogP contribution in [-0.2, 0) is 22.4 Å². The standard InChI is InChI=1S/C18H15N3O4.CH2O/c22-16(23)9-21-17(24)10-7-14-15(8-11(10)18(21)25)20-13-6-4-2-1-3-5-12(13)19-14;1-2/h1-2,7-8H,3-6,9H2,(H,22,23);1H2/b2-1+;. The summed E-state index contributed by atoms with van der Waals surface area (Å²) >= 11 is 0. The number of hydrogen-bond acceptors (Lipinski definition) is 6. The average Bonchev–Trinajstić information content (AvgIpc) is 2.86. The molecule has 0 radical (unpaired) electrons. The van der Waals surface area contributed by atoms with Crippen molar-refractivity contribution in [2.24, 2.45) is 0 Å². The zero-order valence-electron chi connectivity index (χ0n) is 14.5. The first-order chi connectivity index (χ1) is 13.0. The summed E-state index contributed by atoms with van der Waals surface area (Å²) in [4.78, 5) is 53.6. The molecule has 1 aliphatic heterocycles. The van der Waals surface area contributed by atoms with Crippen LogP contribution in [0.2, 0.25) is 0 Å². The molecule has 1 aliphatic carbocycles. The lowest BCUT2D eigenvalue weighted by Gasteiger charge is -2.11. The van der Waals surface area contributed by atoms with E-state index in [1.165, 1.54) is 0 Å². The quantitative estimate of drug-likeness (QED) is 0.632. The molecular weight excluding hydrogens is 350 g/mol. The first-order valence-corrected chi connectivity index (χ1v) is 8.40. The molecular formula is C19H17N3O5. The lowest BCUT2D eigenvalue weighted by atomic mass is 10.0. The van der Waals surface area contributed by atoms with Crippen molar-refractivity contribution in [2.75, 3.05) is 6.54 Å². The van der Waals surface area contributed by atoms with Crippen molar-refractivity contribution in [1.82, 2.24) is 14.9 Å². The highest BCUT2D eigenvalue weighted by molar-refractivity contribution is 6.23. The van der Waals surface area contributed by atoms with Crippen LogP contribution >= 0.6 is 0 Å². The number of aromatic nitrogens is 2. The van der Waals surface area contributed by atoms with E-state index < -0.39 is 24.3 Å². The molecule has 2 amide bonds. The molecule has 0 saturated carbocycles. The van der Waals surface area contributed by atoms with Gasteiger partial charge in [0, 0.05) is 0 Å². The summed E-state index contributed by atoms with van der Waals surface area (Å²) in [5.74, 6) is -2.42. The molecule has 2 heterocycles. The molecule has 0 bridgehead atoms. The molecule has 8 nitrogen and oxygen atoms in total. The van der Waals surface area contributed by atoms with Gasteiger partial charge < -0.3 is 9.90 Å². The first kappa shape index (κ1) is 18.4. The highest BCUT2D eigenvalue weighted by Gasteiger charge is 2.37. The van der Waals surface area contributed by atoms with Gasteiger partial charge in [0.2, 0.25) is 0 Å². The first-order valence-electron chi connectivity index (χ1n) is 8.40. The Morgan fingerprint density at radius 3 is 1.81 bits per heavy atom. The molecule has 0 unspecified atom stereocenters. The third kappa shape index (κ3) is 3.33. The van der Waals surface area contributed by atoms with E-state index in [4.69, 9.17) is 9.90 Å². The van der Waals surface area contributed by atoms with Crippen LogP contribution < -0.4 is 0 Å². The van der Waals surface area contributed by atoms with Crippen LogP contribution in [0, 0.1) is 0 Å². The normalized spacial score (nSPS) is 16.7. The summed E-state index contributed by atoms with van der Waals surface area (Å²) in [6.45, 7) is 1.35. The number of allylic oxidation sites excluding steroid dienone is 2. The van der Waals surface area contributed by atoms with Gasteiger partial charge in [0.25, 0.3) is 11.8 Å². The molecule has 4 rings (SSSR count). The number of fused-ring (bicyclic) bond motifs is 3. The second-order valence-corrected chi connectivity index (χ2v) is 6.14. The molecule has 0 saturated heterocycles.